The van der Waals surface area contributed by atoms with Gasteiger partial charge in [-0.1, -0.05) is 132 Å². The number of hydrogen-bond acceptors (Lipinski definition) is 2. The molecule has 0 amide bonds. The van der Waals surface area contributed by atoms with Crippen molar-refractivity contribution in [2.24, 2.45) is 21.0 Å². The third-order valence-corrected chi connectivity index (χ3v) is 5.72. The van der Waals surface area contributed by atoms with Crippen LogP contribution in [0.5, 0.6) is 0 Å². The van der Waals surface area contributed by atoms with Crippen molar-refractivity contribution in [3.63, 3.8) is 0 Å². The molecule has 0 atom stereocenters. The summed E-state index contributed by atoms with van der Waals surface area (Å²) in [5.41, 5.74) is 6.95. The van der Waals surface area contributed by atoms with Crippen molar-refractivity contribution < 1.29 is 0 Å². The lowest BCUT2D eigenvalue weighted by atomic mass is 9.82. The fourth-order valence-electron chi connectivity index (χ4n) is 3.64. The minimum Gasteiger partial charge on any atom is -0.154 e. The van der Waals surface area contributed by atoms with Gasteiger partial charge >= 0.3 is 0 Å². The highest BCUT2D eigenvalue weighted by Gasteiger charge is 2.25. The second-order valence-electron chi connectivity index (χ2n) is 13.1. The Hall–Kier alpha value is -2.22. The number of nitrogens with zero attached hydrogens (tertiary/aromatic N) is 2. The van der Waals surface area contributed by atoms with Crippen molar-refractivity contribution in [2.75, 3.05) is 0 Å². The highest BCUT2D eigenvalue weighted by molar-refractivity contribution is 6.07. The van der Waals surface area contributed by atoms with Crippen LogP contribution in [0.4, 0.5) is 0 Å². The Balaban J connectivity index is 2.57. The summed E-state index contributed by atoms with van der Waals surface area (Å²) in [7, 11) is 0. The fraction of sp³-hybridized carbons (Fsp3) is 0.533. The number of benzene rings is 2. The second kappa shape index (κ2) is 8.96. The van der Waals surface area contributed by atoms with Gasteiger partial charge in [-0.3, -0.25) is 0 Å². The normalized spacial score (nSPS) is 14.6. The van der Waals surface area contributed by atoms with Crippen LogP contribution in [0.3, 0.4) is 0 Å². The van der Waals surface area contributed by atoms with Crippen LogP contribution in [0.2, 0.25) is 0 Å². The van der Waals surface area contributed by atoms with Crippen molar-refractivity contribution in [3.05, 3.63) is 70.8 Å². The molecule has 0 saturated carbocycles. The molecule has 0 aliphatic rings. The first-order valence-electron chi connectivity index (χ1n) is 11.8. The summed E-state index contributed by atoms with van der Waals surface area (Å²) < 4.78 is 0. The van der Waals surface area contributed by atoms with E-state index in [2.05, 4.69) is 132 Å². The van der Waals surface area contributed by atoms with Crippen molar-refractivity contribution in [1.82, 2.24) is 0 Å². The van der Waals surface area contributed by atoms with E-state index < -0.39 is 0 Å². The van der Waals surface area contributed by atoms with Crippen LogP contribution >= 0.6 is 0 Å². The van der Waals surface area contributed by atoms with E-state index in [1.807, 2.05) is 0 Å². The minimum absolute atomic E-state index is 0.119. The van der Waals surface area contributed by atoms with Crippen molar-refractivity contribution in [3.8, 4) is 0 Å². The SMILES string of the molecule is CC(C)(C)/C(=N/N=C(\c1ccc(C(C)(C)C)cc1)C(C)(C)C)c1ccc(C(C)(C)C)cc1. The Labute approximate surface area is 197 Å². The van der Waals surface area contributed by atoms with Crippen molar-refractivity contribution >= 4 is 11.4 Å². The molecule has 0 fully saturated rings. The molecule has 0 unspecified atom stereocenters. The molecule has 0 heterocycles. The van der Waals surface area contributed by atoms with Crippen LogP contribution in [-0.4, -0.2) is 11.4 Å². The van der Waals surface area contributed by atoms with Crippen LogP contribution in [0, 0.1) is 10.8 Å². The summed E-state index contributed by atoms with van der Waals surface area (Å²) in [6.07, 6.45) is 0. The lowest BCUT2D eigenvalue weighted by Crippen LogP contribution is -2.24. The molecule has 2 aromatic carbocycles. The predicted molar refractivity (Wildman–Crippen MR) is 142 cm³/mol. The molecular formula is C30H44N2. The van der Waals surface area contributed by atoms with Crippen LogP contribution in [0.15, 0.2) is 58.7 Å². The average molecular weight is 433 g/mol. The van der Waals surface area contributed by atoms with E-state index >= 15 is 0 Å². The Bertz CT molecular complexity index is 877. The zero-order valence-electron chi connectivity index (χ0n) is 22.5. The molecule has 174 valence electrons. The van der Waals surface area contributed by atoms with Gasteiger partial charge in [0.15, 0.2) is 0 Å². The smallest absolute Gasteiger partial charge is 0.0756 e. The second-order valence-corrected chi connectivity index (χ2v) is 13.1. The van der Waals surface area contributed by atoms with Gasteiger partial charge < -0.3 is 0 Å². The lowest BCUT2D eigenvalue weighted by molar-refractivity contribution is 0.580. The molecule has 2 rings (SSSR count). The van der Waals surface area contributed by atoms with E-state index in [0.29, 0.717) is 0 Å². The van der Waals surface area contributed by atoms with E-state index in [1.54, 1.807) is 0 Å². The summed E-state index contributed by atoms with van der Waals surface area (Å²) in [4.78, 5) is 0. The third-order valence-electron chi connectivity index (χ3n) is 5.72. The maximum absolute atomic E-state index is 4.88. The molecule has 0 spiro atoms. The first-order chi connectivity index (χ1) is 14.4. The number of hydrogen-bond donors (Lipinski definition) is 0. The van der Waals surface area contributed by atoms with Crippen LogP contribution < -0.4 is 0 Å². The van der Waals surface area contributed by atoms with Gasteiger partial charge in [0, 0.05) is 10.8 Å². The quantitative estimate of drug-likeness (QED) is 0.343. The van der Waals surface area contributed by atoms with E-state index in [9.17, 15) is 0 Å². The topological polar surface area (TPSA) is 24.7 Å². The van der Waals surface area contributed by atoms with Gasteiger partial charge in [-0.15, -0.1) is 0 Å². The molecule has 0 N–H and O–H groups in total. The summed E-state index contributed by atoms with van der Waals surface area (Å²) in [5.74, 6) is 0. The summed E-state index contributed by atoms with van der Waals surface area (Å²) in [6.45, 7) is 26.7. The Kier molecular flexibility index (Phi) is 7.29. The monoisotopic (exact) mass is 432 g/mol. The summed E-state index contributed by atoms with van der Waals surface area (Å²) in [5, 5.41) is 9.75. The van der Waals surface area contributed by atoms with Gasteiger partial charge in [0.05, 0.1) is 11.4 Å². The highest BCUT2D eigenvalue weighted by atomic mass is 15.2. The number of rotatable bonds is 3. The average Bonchev–Trinajstić information content (AvgIpc) is 2.62. The van der Waals surface area contributed by atoms with E-state index in [0.717, 1.165) is 22.6 Å². The highest BCUT2D eigenvalue weighted by Crippen LogP contribution is 2.29. The van der Waals surface area contributed by atoms with Gasteiger partial charge in [-0.25, -0.2) is 0 Å². The molecule has 0 aromatic heterocycles. The molecule has 2 nitrogen and oxygen atoms in total. The van der Waals surface area contributed by atoms with Gasteiger partial charge in [0.2, 0.25) is 0 Å². The Morgan fingerprint density at radius 1 is 0.438 bits per heavy atom. The Morgan fingerprint density at radius 2 is 0.688 bits per heavy atom. The van der Waals surface area contributed by atoms with E-state index in [-0.39, 0.29) is 21.7 Å². The largest absolute Gasteiger partial charge is 0.154 e. The molecule has 32 heavy (non-hydrogen) atoms. The molecule has 2 aromatic rings. The van der Waals surface area contributed by atoms with E-state index in [1.165, 1.54) is 11.1 Å². The minimum atomic E-state index is -0.119. The summed E-state index contributed by atoms with van der Waals surface area (Å²) >= 11 is 0. The molecule has 0 saturated heterocycles. The van der Waals surface area contributed by atoms with Crippen LogP contribution in [0.25, 0.3) is 0 Å². The van der Waals surface area contributed by atoms with Crippen molar-refractivity contribution in [1.29, 1.82) is 0 Å². The van der Waals surface area contributed by atoms with Gasteiger partial charge in [0.1, 0.15) is 0 Å². The van der Waals surface area contributed by atoms with E-state index in [4.69, 9.17) is 10.2 Å². The zero-order chi connectivity index (χ0) is 24.5. The standard InChI is InChI=1S/C30H44N2/c1-27(2,3)23-17-13-21(14-18-23)25(29(7,8)9)31-32-26(30(10,11)12)22-15-19-24(20-16-22)28(4,5)6/h13-20H,1-12H3/b31-25+,32-26+. The molecule has 0 radical (unpaired) electrons. The van der Waals surface area contributed by atoms with Crippen molar-refractivity contribution in [2.45, 2.75) is 93.9 Å². The van der Waals surface area contributed by atoms with Gasteiger partial charge in [0.25, 0.3) is 0 Å². The van der Waals surface area contributed by atoms with Crippen LogP contribution in [-0.2, 0) is 10.8 Å². The Morgan fingerprint density at radius 3 is 0.875 bits per heavy atom. The fourth-order valence-corrected chi connectivity index (χ4v) is 3.64. The molecule has 0 bridgehead atoms. The summed E-state index contributed by atoms with van der Waals surface area (Å²) in [6, 6.07) is 17.6. The molecule has 2 heteroatoms. The molecule has 0 aliphatic heterocycles. The third kappa shape index (κ3) is 6.64. The van der Waals surface area contributed by atoms with Crippen LogP contribution in [0.1, 0.15) is 105 Å². The lowest BCUT2D eigenvalue weighted by Gasteiger charge is -2.25. The molecular weight excluding hydrogens is 388 g/mol. The first kappa shape index (κ1) is 26.0. The predicted octanol–water partition coefficient (Wildman–Crippen LogP) is 8.57. The van der Waals surface area contributed by atoms with Gasteiger partial charge in [-0.2, -0.15) is 10.2 Å². The maximum atomic E-state index is 4.88. The first-order valence-corrected chi connectivity index (χ1v) is 11.8. The zero-order valence-corrected chi connectivity index (χ0v) is 22.5. The maximum Gasteiger partial charge on any atom is 0.0756 e. The molecule has 0 aliphatic carbocycles. The van der Waals surface area contributed by atoms with Gasteiger partial charge in [-0.05, 0) is 33.1 Å².